The van der Waals surface area contributed by atoms with Gasteiger partial charge in [-0.2, -0.15) is 10.2 Å². The first-order valence-electron chi connectivity index (χ1n) is 4.25. The van der Waals surface area contributed by atoms with Crippen molar-refractivity contribution < 1.29 is 9.90 Å². The van der Waals surface area contributed by atoms with Crippen LogP contribution in [-0.2, 0) is 7.05 Å². The van der Waals surface area contributed by atoms with Gasteiger partial charge in [0.15, 0.2) is 5.16 Å². The van der Waals surface area contributed by atoms with E-state index in [2.05, 4.69) is 20.3 Å². The fourth-order valence-electron chi connectivity index (χ4n) is 1.02. The molecule has 0 atom stereocenters. The zero-order chi connectivity index (χ0) is 11.5. The molecule has 0 aromatic carbocycles. The van der Waals surface area contributed by atoms with Crippen LogP contribution < -0.4 is 0 Å². The van der Waals surface area contributed by atoms with E-state index >= 15 is 0 Å². The van der Waals surface area contributed by atoms with Crippen LogP contribution in [0.4, 0.5) is 0 Å². The molecule has 0 aliphatic heterocycles. The first-order chi connectivity index (χ1) is 7.68. The molecule has 8 heteroatoms. The third-order valence-electron chi connectivity index (χ3n) is 1.78. The second-order valence-corrected chi connectivity index (χ2v) is 3.78. The van der Waals surface area contributed by atoms with Crippen molar-refractivity contribution in [3.8, 4) is 0 Å². The van der Waals surface area contributed by atoms with Crippen LogP contribution in [0.2, 0.25) is 0 Å². The molecule has 7 nitrogen and oxygen atoms in total. The third-order valence-corrected chi connectivity index (χ3v) is 2.82. The molecule has 0 aliphatic rings. The number of rotatable bonds is 3. The van der Waals surface area contributed by atoms with Gasteiger partial charge in [-0.25, -0.2) is 14.5 Å². The summed E-state index contributed by atoms with van der Waals surface area (Å²) in [6.07, 6.45) is 2.73. The zero-order valence-corrected chi connectivity index (χ0v) is 9.05. The zero-order valence-electron chi connectivity index (χ0n) is 8.23. The summed E-state index contributed by atoms with van der Waals surface area (Å²) in [6.45, 7) is 0. The van der Waals surface area contributed by atoms with Crippen LogP contribution in [0, 0.1) is 0 Å². The minimum atomic E-state index is -1.04. The molecule has 0 aliphatic carbocycles. The van der Waals surface area contributed by atoms with E-state index in [-0.39, 0.29) is 5.56 Å². The molecule has 0 saturated carbocycles. The van der Waals surface area contributed by atoms with Gasteiger partial charge in [-0.05, 0) is 17.8 Å². The SMILES string of the molecule is Cn1ncnc1Sc1nnccc1C(=O)O. The summed E-state index contributed by atoms with van der Waals surface area (Å²) in [5.74, 6) is -1.04. The maximum Gasteiger partial charge on any atom is 0.338 e. The van der Waals surface area contributed by atoms with E-state index in [4.69, 9.17) is 5.11 Å². The molecule has 82 valence electrons. The standard InChI is InChI=1S/C8H7N5O2S/c1-13-8(9-4-11-13)16-6-5(7(14)15)2-3-10-12-6/h2-4H,1H3,(H,14,15). The highest BCUT2D eigenvalue weighted by Crippen LogP contribution is 2.25. The number of carboxylic acid groups (broad SMARTS) is 1. The number of carbonyl (C=O) groups is 1. The molecule has 2 aromatic heterocycles. The molecule has 0 unspecified atom stereocenters. The molecule has 0 saturated heterocycles. The number of carboxylic acids is 1. The van der Waals surface area contributed by atoms with Crippen molar-refractivity contribution in [2.75, 3.05) is 0 Å². The Bertz CT molecular complexity index is 527. The van der Waals surface area contributed by atoms with Gasteiger partial charge in [-0.1, -0.05) is 0 Å². The van der Waals surface area contributed by atoms with Gasteiger partial charge in [0.05, 0.1) is 11.8 Å². The van der Waals surface area contributed by atoms with Gasteiger partial charge < -0.3 is 5.11 Å². The van der Waals surface area contributed by atoms with E-state index in [0.29, 0.717) is 10.2 Å². The maximum atomic E-state index is 10.9. The molecule has 0 spiro atoms. The predicted molar refractivity (Wildman–Crippen MR) is 54.1 cm³/mol. The summed E-state index contributed by atoms with van der Waals surface area (Å²) < 4.78 is 1.53. The molecule has 2 heterocycles. The molecule has 1 N–H and O–H groups in total. The summed E-state index contributed by atoms with van der Waals surface area (Å²) in [5, 5.41) is 21.1. The summed E-state index contributed by atoms with van der Waals surface area (Å²) in [5.41, 5.74) is 0.100. The molecular formula is C8H7N5O2S. The second-order valence-electron chi connectivity index (χ2n) is 2.82. The molecule has 0 bridgehead atoms. The Morgan fingerprint density at radius 1 is 1.56 bits per heavy atom. The van der Waals surface area contributed by atoms with Crippen LogP contribution in [0.15, 0.2) is 28.8 Å². The molecule has 2 aromatic rings. The Balaban J connectivity index is 2.35. The van der Waals surface area contributed by atoms with E-state index in [1.54, 1.807) is 7.05 Å². The van der Waals surface area contributed by atoms with Crippen LogP contribution >= 0.6 is 11.8 Å². The van der Waals surface area contributed by atoms with Crippen molar-refractivity contribution in [2.24, 2.45) is 7.05 Å². The Kier molecular flexibility index (Phi) is 2.82. The monoisotopic (exact) mass is 237 g/mol. The van der Waals surface area contributed by atoms with E-state index < -0.39 is 5.97 Å². The molecule has 0 radical (unpaired) electrons. The van der Waals surface area contributed by atoms with Crippen molar-refractivity contribution in [1.82, 2.24) is 25.0 Å². The van der Waals surface area contributed by atoms with Gasteiger partial charge in [0, 0.05) is 7.05 Å². The second kappa shape index (κ2) is 4.27. The number of aromatic nitrogens is 5. The van der Waals surface area contributed by atoms with Crippen molar-refractivity contribution in [1.29, 1.82) is 0 Å². The normalized spacial score (nSPS) is 10.3. The van der Waals surface area contributed by atoms with Gasteiger partial charge >= 0.3 is 5.97 Å². The molecule has 0 fully saturated rings. The first kappa shape index (κ1) is 10.6. The highest BCUT2D eigenvalue weighted by Gasteiger charge is 2.14. The Hall–Kier alpha value is -1.96. The van der Waals surface area contributed by atoms with Gasteiger partial charge in [0.25, 0.3) is 0 Å². The fraction of sp³-hybridized carbons (Fsp3) is 0.125. The average molecular weight is 237 g/mol. The minimum Gasteiger partial charge on any atom is -0.478 e. The van der Waals surface area contributed by atoms with Gasteiger partial charge in [0.1, 0.15) is 11.4 Å². The van der Waals surface area contributed by atoms with Crippen LogP contribution in [0.25, 0.3) is 0 Å². The number of aromatic carboxylic acids is 1. The lowest BCUT2D eigenvalue weighted by Gasteiger charge is -2.01. The average Bonchev–Trinajstić information content (AvgIpc) is 2.65. The van der Waals surface area contributed by atoms with Crippen molar-refractivity contribution in [3.05, 3.63) is 24.2 Å². The smallest absolute Gasteiger partial charge is 0.338 e. The quantitative estimate of drug-likeness (QED) is 0.828. The lowest BCUT2D eigenvalue weighted by Crippen LogP contribution is -2.02. The minimum absolute atomic E-state index is 0.100. The van der Waals surface area contributed by atoms with Crippen LogP contribution in [0.3, 0.4) is 0 Å². The van der Waals surface area contributed by atoms with Gasteiger partial charge in [-0.15, -0.1) is 5.10 Å². The van der Waals surface area contributed by atoms with Crippen molar-refractivity contribution in [3.63, 3.8) is 0 Å². The van der Waals surface area contributed by atoms with Crippen LogP contribution in [0.5, 0.6) is 0 Å². The number of hydrogen-bond acceptors (Lipinski definition) is 6. The third kappa shape index (κ3) is 2.01. The van der Waals surface area contributed by atoms with Crippen LogP contribution in [0.1, 0.15) is 10.4 Å². The summed E-state index contributed by atoms with van der Waals surface area (Å²) in [7, 11) is 1.71. The molecular weight excluding hydrogens is 230 g/mol. The summed E-state index contributed by atoms with van der Waals surface area (Å²) >= 11 is 1.11. The Morgan fingerprint density at radius 3 is 3.00 bits per heavy atom. The molecule has 0 amide bonds. The van der Waals surface area contributed by atoms with Gasteiger partial charge in [0.2, 0.25) is 0 Å². The highest BCUT2D eigenvalue weighted by atomic mass is 32.2. The number of aryl methyl sites for hydroxylation is 1. The molecule has 16 heavy (non-hydrogen) atoms. The highest BCUT2D eigenvalue weighted by molar-refractivity contribution is 7.99. The van der Waals surface area contributed by atoms with Crippen molar-refractivity contribution in [2.45, 2.75) is 10.2 Å². The number of nitrogens with zero attached hydrogens (tertiary/aromatic N) is 5. The number of hydrogen-bond donors (Lipinski definition) is 1. The lowest BCUT2D eigenvalue weighted by molar-refractivity contribution is 0.0692. The maximum absolute atomic E-state index is 10.9. The first-order valence-corrected chi connectivity index (χ1v) is 5.07. The topological polar surface area (TPSA) is 93.8 Å². The Labute approximate surface area is 94.5 Å². The lowest BCUT2D eigenvalue weighted by atomic mass is 10.3. The fourth-order valence-corrected chi connectivity index (χ4v) is 1.83. The summed E-state index contributed by atoms with van der Waals surface area (Å²) in [6, 6.07) is 1.40. The van der Waals surface area contributed by atoms with Gasteiger partial charge in [-0.3, -0.25) is 0 Å². The predicted octanol–water partition coefficient (Wildman–Crippen LogP) is 0.455. The van der Waals surface area contributed by atoms with E-state index in [0.717, 1.165) is 11.8 Å². The summed E-state index contributed by atoms with van der Waals surface area (Å²) in [4.78, 5) is 14.9. The van der Waals surface area contributed by atoms with E-state index in [9.17, 15) is 4.79 Å². The van der Waals surface area contributed by atoms with Crippen LogP contribution in [-0.4, -0.2) is 36.0 Å². The Morgan fingerprint density at radius 2 is 2.38 bits per heavy atom. The largest absolute Gasteiger partial charge is 0.478 e. The van der Waals surface area contributed by atoms with E-state index in [1.807, 2.05) is 0 Å². The molecule has 2 rings (SSSR count). The van der Waals surface area contributed by atoms with Crippen molar-refractivity contribution >= 4 is 17.7 Å². The van der Waals surface area contributed by atoms with E-state index in [1.165, 1.54) is 23.3 Å².